The summed E-state index contributed by atoms with van der Waals surface area (Å²) in [5.74, 6) is 1.58. The lowest BCUT2D eigenvalue weighted by Gasteiger charge is -2.14. The fourth-order valence-corrected chi connectivity index (χ4v) is 3.53. The number of nitrogens with zero attached hydrogens (tertiary/aromatic N) is 1. The molecular formula is C23H28N2O4. The van der Waals surface area contributed by atoms with E-state index in [-0.39, 0.29) is 12.0 Å². The molecule has 1 heterocycles. The maximum absolute atomic E-state index is 12.7. The second kappa shape index (κ2) is 9.96. The second-order valence-electron chi connectivity index (χ2n) is 7.08. The van der Waals surface area contributed by atoms with Gasteiger partial charge in [0.25, 0.3) is 5.91 Å². The molecule has 0 bridgehead atoms. The van der Waals surface area contributed by atoms with Crippen molar-refractivity contribution in [2.24, 2.45) is 0 Å². The monoisotopic (exact) mass is 396 g/mol. The first-order chi connectivity index (χ1) is 14.1. The van der Waals surface area contributed by atoms with E-state index in [4.69, 9.17) is 14.2 Å². The molecule has 0 saturated heterocycles. The van der Waals surface area contributed by atoms with Crippen molar-refractivity contribution in [2.75, 3.05) is 14.2 Å². The van der Waals surface area contributed by atoms with Crippen LogP contribution in [0.5, 0.6) is 17.4 Å². The van der Waals surface area contributed by atoms with Gasteiger partial charge in [0, 0.05) is 29.9 Å². The highest BCUT2D eigenvalue weighted by Crippen LogP contribution is 2.33. The Kier molecular flexibility index (Phi) is 7.11. The minimum atomic E-state index is -0.192. The molecule has 6 nitrogen and oxygen atoms in total. The zero-order valence-corrected chi connectivity index (χ0v) is 17.1. The summed E-state index contributed by atoms with van der Waals surface area (Å²) < 4.78 is 16.7. The van der Waals surface area contributed by atoms with Gasteiger partial charge in [-0.25, -0.2) is 4.98 Å². The SMILES string of the molecule is C=CCc1cc(C(=O)NCc2ccc(OC3CCCC3)nc2)cc(OC)c1OC. The summed E-state index contributed by atoms with van der Waals surface area (Å²) >= 11 is 0. The average Bonchev–Trinajstić information content (AvgIpc) is 3.25. The summed E-state index contributed by atoms with van der Waals surface area (Å²) in [4.78, 5) is 17.0. The van der Waals surface area contributed by atoms with Crippen molar-refractivity contribution in [3.8, 4) is 17.4 Å². The molecule has 1 saturated carbocycles. The Balaban J connectivity index is 1.64. The molecule has 3 rings (SSSR count). The van der Waals surface area contributed by atoms with Crippen LogP contribution in [0.4, 0.5) is 0 Å². The van der Waals surface area contributed by atoms with Crippen LogP contribution in [0.25, 0.3) is 0 Å². The molecule has 154 valence electrons. The molecule has 6 heteroatoms. The number of rotatable bonds is 9. The number of pyridine rings is 1. The molecule has 1 aromatic heterocycles. The fourth-order valence-electron chi connectivity index (χ4n) is 3.53. The highest BCUT2D eigenvalue weighted by Gasteiger charge is 2.17. The molecule has 1 aliphatic carbocycles. The molecule has 0 unspecified atom stereocenters. The van der Waals surface area contributed by atoms with Crippen LogP contribution in [-0.4, -0.2) is 31.2 Å². The van der Waals surface area contributed by atoms with Crippen LogP contribution >= 0.6 is 0 Å². The predicted octanol–water partition coefficient (Wildman–Crippen LogP) is 4.08. The van der Waals surface area contributed by atoms with Gasteiger partial charge in [-0.15, -0.1) is 6.58 Å². The quantitative estimate of drug-likeness (QED) is 0.647. The summed E-state index contributed by atoms with van der Waals surface area (Å²) in [6.45, 7) is 4.14. The molecule has 0 atom stereocenters. The van der Waals surface area contributed by atoms with Crippen LogP contribution in [0, 0.1) is 0 Å². The Morgan fingerprint density at radius 2 is 2.03 bits per heavy atom. The van der Waals surface area contributed by atoms with Crippen molar-refractivity contribution < 1.29 is 19.0 Å². The maximum Gasteiger partial charge on any atom is 0.251 e. The summed E-state index contributed by atoms with van der Waals surface area (Å²) in [6.07, 6.45) is 8.99. The third kappa shape index (κ3) is 5.28. The van der Waals surface area contributed by atoms with E-state index in [0.29, 0.717) is 35.9 Å². The number of aromatic nitrogens is 1. The van der Waals surface area contributed by atoms with Gasteiger partial charge >= 0.3 is 0 Å². The topological polar surface area (TPSA) is 69.7 Å². The van der Waals surface area contributed by atoms with Crippen molar-refractivity contribution >= 4 is 5.91 Å². The van der Waals surface area contributed by atoms with Crippen molar-refractivity contribution in [3.63, 3.8) is 0 Å². The van der Waals surface area contributed by atoms with Gasteiger partial charge in [0.05, 0.1) is 14.2 Å². The van der Waals surface area contributed by atoms with Gasteiger partial charge in [-0.05, 0) is 49.8 Å². The van der Waals surface area contributed by atoms with Crippen LogP contribution in [0.3, 0.4) is 0 Å². The molecule has 0 aliphatic heterocycles. The van der Waals surface area contributed by atoms with E-state index in [1.807, 2.05) is 12.1 Å². The average molecular weight is 396 g/mol. The van der Waals surface area contributed by atoms with Crippen molar-refractivity contribution in [3.05, 3.63) is 59.8 Å². The van der Waals surface area contributed by atoms with Crippen LogP contribution in [0.15, 0.2) is 43.1 Å². The largest absolute Gasteiger partial charge is 0.493 e. The van der Waals surface area contributed by atoms with Crippen LogP contribution in [-0.2, 0) is 13.0 Å². The smallest absolute Gasteiger partial charge is 0.251 e. The molecular weight excluding hydrogens is 368 g/mol. The van der Waals surface area contributed by atoms with E-state index in [9.17, 15) is 4.79 Å². The van der Waals surface area contributed by atoms with Gasteiger partial charge in [-0.3, -0.25) is 4.79 Å². The zero-order valence-electron chi connectivity index (χ0n) is 17.1. The number of nitrogens with one attached hydrogen (secondary N) is 1. The Bertz CT molecular complexity index is 843. The Morgan fingerprint density at radius 3 is 2.66 bits per heavy atom. The van der Waals surface area contributed by atoms with Crippen molar-refractivity contribution in [2.45, 2.75) is 44.8 Å². The van der Waals surface area contributed by atoms with E-state index in [1.165, 1.54) is 12.8 Å². The second-order valence-corrected chi connectivity index (χ2v) is 7.08. The number of carbonyl (C=O) groups is 1. The minimum absolute atomic E-state index is 0.192. The Morgan fingerprint density at radius 1 is 1.24 bits per heavy atom. The van der Waals surface area contributed by atoms with Gasteiger partial charge in [0.2, 0.25) is 5.88 Å². The van der Waals surface area contributed by atoms with Gasteiger partial charge < -0.3 is 19.5 Å². The normalized spacial score (nSPS) is 13.7. The maximum atomic E-state index is 12.7. The first-order valence-electron chi connectivity index (χ1n) is 9.90. The molecule has 1 amide bonds. The number of benzene rings is 1. The number of ether oxygens (including phenoxy) is 3. The molecule has 2 aromatic rings. The summed E-state index contributed by atoms with van der Waals surface area (Å²) in [6, 6.07) is 7.26. The molecule has 0 spiro atoms. The number of hydrogen-bond donors (Lipinski definition) is 1. The van der Waals surface area contributed by atoms with Crippen LogP contribution in [0.2, 0.25) is 0 Å². The summed E-state index contributed by atoms with van der Waals surface area (Å²) in [5, 5.41) is 2.92. The molecule has 1 aliphatic rings. The van der Waals surface area contributed by atoms with Crippen LogP contribution in [0.1, 0.15) is 47.2 Å². The fraction of sp³-hybridized carbons (Fsp3) is 0.391. The minimum Gasteiger partial charge on any atom is -0.493 e. The lowest BCUT2D eigenvalue weighted by atomic mass is 10.0. The van der Waals surface area contributed by atoms with Gasteiger partial charge in [0.15, 0.2) is 11.5 Å². The van der Waals surface area contributed by atoms with E-state index in [1.54, 1.807) is 38.6 Å². The Hall–Kier alpha value is -3.02. The number of methoxy groups -OCH3 is 2. The van der Waals surface area contributed by atoms with Gasteiger partial charge in [0.1, 0.15) is 6.10 Å². The zero-order chi connectivity index (χ0) is 20.6. The third-order valence-electron chi connectivity index (χ3n) is 5.02. The van der Waals surface area contributed by atoms with Gasteiger partial charge in [-0.2, -0.15) is 0 Å². The van der Waals surface area contributed by atoms with Crippen molar-refractivity contribution in [1.82, 2.24) is 10.3 Å². The van der Waals surface area contributed by atoms with Crippen LogP contribution < -0.4 is 19.5 Å². The lowest BCUT2D eigenvalue weighted by molar-refractivity contribution is 0.0950. The third-order valence-corrected chi connectivity index (χ3v) is 5.02. The Labute approximate surface area is 171 Å². The predicted molar refractivity (Wildman–Crippen MR) is 112 cm³/mol. The molecule has 0 radical (unpaired) electrons. The van der Waals surface area contributed by atoms with Gasteiger partial charge in [-0.1, -0.05) is 12.1 Å². The first kappa shape index (κ1) is 20.7. The van der Waals surface area contributed by atoms with E-state index >= 15 is 0 Å². The summed E-state index contributed by atoms with van der Waals surface area (Å²) in [7, 11) is 3.13. The number of carbonyl (C=O) groups excluding carboxylic acids is 1. The number of hydrogen-bond acceptors (Lipinski definition) is 5. The highest BCUT2D eigenvalue weighted by molar-refractivity contribution is 5.95. The highest BCUT2D eigenvalue weighted by atomic mass is 16.5. The molecule has 1 fully saturated rings. The molecule has 29 heavy (non-hydrogen) atoms. The van der Waals surface area contributed by atoms with E-state index in [2.05, 4.69) is 16.9 Å². The van der Waals surface area contributed by atoms with Crippen molar-refractivity contribution in [1.29, 1.82) is 0 Å². The standard InChI is InChI=1S/C23H28N2O4/c1-4-7-17-12-18(13-20(27-2)22(17)28-3)23(26)25-15-16-10-11-21(24-14-16)29-19-8-5-6-9-19/h4,10-14,19H,1,5-9,15H2,2-3H3,(H,25,26). The number of amides is 1. The first-order valence-corrected chi connectivity index (χ1v) is 9.90. The van der Waals surface area contributed by atoms with E-state index < -0.39 is 0 Å². The summed E-state index contributed by atoms with van der Waals surface area (Å²) in [5.41, 5.74) is 2.26. The lowest BCUT2D eigenvalue weighted by Crippen LogP contribution is -2.23. The number of allylic oxidation sites excluding steroid dienone is 1. The van der Waals surface area contributed by atoms with E-state index in [0.717, 1.165) is 24.0 Å². The molecule has 1 aromatic carbocycles. The molecule has 1 N–H and O–H groups in total.